The fourth-order valence-electron chi connectivity index (χ4n) is 4.42. The predicted molar refractivity (Wildman–Crippen MR) is 106 cm³/mol. The summed E-state index contributed by atoms with van der Waals surface area (Å²) in [6, 6.07) is 11.1. The van der Waals surface area contributed by atoms with E-state index in [4.69, 9.17) is 4.74 Å². The van der Waals surface area contributed by atoms with E-state index in [-0.39, 0.29) is 12.1 Å². The molecule has 0 radical (unpaired) electrons. The van der Waals surface area contributed by atoms with Gasteiger partial charge < -0.3 is 10.1 Å². The Bertz CT molecular complexity index is 696. The standard InChI is InChI=1S/C22H31N3O2/c1-22(2,3)27-21(26)24-18-12-13-25(15-18)19-10-8-16(9-11-19)20-7-5-4-6-17(20)14-23/h4-7,16,18-19H,8-13,15H2,1-3H3,(H,24,26)/t16-,18?,19-. The van der Waals surface area contributed by atoms with Crippen LogP contribution in [-0.4, -0.2) is 41.8 Å². The molecule has 3 rings (SSSR count). The average molecular weight is 370 g/mol. The molecule has 1 N–H and O–H groups in total. The molecule has 1 aromatic rings. The second-order valence-corrected chi connectivity index (χ2v) is 8.83. The number of benzene rings is 1. The van der Waals surface area contributed by atoms with Crippen molar-refractivity contribution in [3.63, 3.8) is 0 Å². The summed E-state index contributed by atoms with van der Waals surface area (Å²) >= 11 is 0. The highest BCUT2D eigenvalue weighted by atomic mass is 16.6. The van der Waals surface area contributed by atoms with Gasteiger partial charge in [-0.1, -0.05) is 18.2 Å². The molecule has 1 unspecified atom stereocenters. The van der Waals surface area contributed by atoms with Crippen molar-refractivity contribution in [1.29, 1.82) is 5.26 Å². The number of nitrogens with zero attached hydrogens (tertiary/aromatic N) is 2. The minimum Gasteiger partial charge on any atom is -0.444 e. The van der Waals surface area contributed by atoms with Gasteiger partial charge in [0.05, 0.1) is 11.6 Å². The lowest BCUT2D eigenvalue weighted by molar-refractivity contribution is 0.0503. The lowest BCUT2D eigenvalue weighted by atomic mass is 9.80. The van der Waals surface area contributed by atoms with Gasteiger partial charge >= 0.3 is 6.09 Å². The minimum absolute atomic E-state index is 0.178. The van der Waals surface area contributed by atoms with Crippen molar-refractivity contribution in [1.82, 2.24) is 10.2 Å². The summed E-state index contributed by atoms with van der Waals surface area (Å²) in [6.45, 7) is 7.59. The van der Waals surface area contributed by atoms with E-state index in [1.165, 1.54) is 5.56 Å². The average Bonchev–Trinajstić information content (AvgIpc) is 3.08. The summed E-state index contributed by atoms with van der Waals surface area (Å²) in [5, 5.41) is 12.4. The predicted octanol–water partition coefficient (Wildman–Crippen LogP) is 4.18. The summed E-state index contributed by atoms with van der Waals surface area (Å²) in [7, 11) is 0. The van der Waals surface area contributed by atoms with Gasteiger partial charge in [-0.25, -0.2) is 4.79 Å². The lowest BCUT2D eigenvalue weighted by Crippen LogP contribution is -2.42. The van der Waals surface area contributed by atoms with Crippen LogP contribution in [0.5, 0.6) is 0 Å². The molecule has 1 saturated heterocycles. The molecule has 0 bridgehead atoms. The monoisotopic (exact) mass is 369 g/mol. The molecular formula is C22H31N3O2. The molecule has 1 aromatic carbocycles. The lowest BCUT2D eigenvalue weighted by Gasteiger charge is -2.35. The number of alkyl carbamates (subject to hydrolysis) is 1. The molecular weight excluding hydrogens is 338 g/mol. The van der Waals surface area contributed by atoms with Gasteiger partial charge in [-0.05, 0) is 70.4 Å². The molecule has 5 nitrogen and oxygen atoms in total. The molecule has 1 aliphatic heterocycles. The zero-order valence-corrected chi connectivity index (χ0v) is 16.7. The largest absolute Gasteiger partial charge is 0.444 e. The third-order valence-corrected chi connectivity index (χ3v) is 5.67. The zero-order valence-electron chi connectivity index (χ0n) is 16.7. The Balaban J connectivity index is 1.48. The zero-order chi connectivity index (χ0) is 19.4. The van der Waals surface area contributed by atoms with E-state index < -0.39 is 5.60 Å². The number of nitriles is 1. The highest BCUT2D eigenvalue weighted by Gasteiger charge is 2.33. The molecule has 27 heavy (non-hydrogen) atoms. The molecule has 0 aromatic heterocycles. The van der Waals surface area contributed by atoms with Crippen LogP contribution >= 0.6 is 0 Å². The van der Waals surface area contributed by atoms with Gasteiger partial charge in [0.25, 0.3) is 0 Å². The van der Waals surface area contributed by atoms with Crippen molar-refractivity contribution in [3.05, 3.63) is 35.4 Å². The molecule has 0 spiro atoms. The van der Waals surface area contributed by atoms with E-state index in [1.54, 1.807) is 0 Å². The highest BCUT2D eigenvalue weighted by Crippen LogP contribution is 2.36. The maximum atomic E-state index is 12.0. The van der Waals surface area contributed by atoms with E-state index >= 15 is 0 Å². The second kappa shape index (κ2) is 8.31. The van der Waals surface area contributed by atoms with E-state index in [9.17, 15) is 10.1 Å². The van der Waals surface area contributed by atoms with Crippen LogP contribution in [-0.2, 0) is 4.74 Å². The van der Waals surface area contributed by atoms with Gasteiger partial charge in [-0.3, -0.25) is 4.90 Å². The van der Waals surface area contributed by atoms with E-state index in [1.807, 2.05) is 39.0 Å². The van der Waals surface area contributed by atoms with E-state index in [0.717, 1.165) is 50.8 Å². The number of amides is 1. The number of rotatable bonds is 3. The number of ether oxygens (including phenoxy) is 1. The third kappa shape index (κ3) is 5.23. The topological polar surface area (TPSA) is 65.4 Å². The SMILES string of the molecule is CC(C)(C)OC(=O)NC1CCN([C@H]2CC[C@H](c3ccccc3C#N)CC2)C1. The molecule has 146 valence electrons. The molecule has 1 heterocycles. The van der Waals surface area contributed by atoms with E-state index in [2.05, 4.69) is 22.4 Å². The molecule has 5 heteroatoms. The van der Waals surface area contributed by atoms with Gasteiger partial charge in [0, 0.05) is 25.2 Å². The smallest absolute Gasteiger partial charge is 0.407 e. The third-order valence-electron chi connectivity index (χ3n) is 5.67. The number of nitrogens with one attached hydrogen (secondary N) is 1. The Morgan fingerprint density at radius 3 is 2.56 bits per heavy atom. The molecule has 2 fully saturated rings. The molecule has 1 saturated carbocycles. The Morgan fingerprint density at radius 2 is 1.89 bits per heavy atom. The van der Waals surface area contributed by atoms with Crippen LogP contribution < -0.4 is 5.32 Å². The quantitative estimate of drug-likeness (QED) is 0.868. The first-order chi connectivity index (χ1) is 12.9. The molecule has 1 aliphatic carbocycles. The molecule has 2 aliphatic rings. The van der Waals surface area contributed by atoms with Crippen molar-refractivity contribution in [2.24, 2.45) is 0 Å². The number of likely N-dealkylation sites (tertiary alicyclic amines) is 1. The summed E-state index contributed by atoms with van der Waals surface area (Å²) in [6.07, 6.45) is 5.24. The summed E-state index contributed by atoms with van der Waals surface area (Å²) in [5.74, 6) is 0.496. The summed E-state index contributed by atoms with van der Waals surface area (Å²) in [5.41, 5.74) is 1.58. The van der Waals surface area contributed by atoms with Crippen molar-refractivity contribution in [2.45, 2.75) is 76.5 Å². The Kier molecular flexibility index (Phi) is 6.06. The Hall–Kier alpha value is -2.06. The molecule has 1 atom stereocenters. The first-order valence-electron chi connectivity index (χ1n) is 10.1. The van der Waals surface area contributed by atoms with Crippen molar-refractivity contribution in [2.75, 3.05) is 13.1 Å². The van der Waals surface area contributed by atoms with Crippen LogP contribution in [0.2, 0.25) is 0 Å². The molecule has 1 amide bonds. The van der Waals surface area contributed by atoms with Crippen LogP contribution in [0, 0.1) is 11.3 Å². The van der Waals surface area contributed by atoms with Crippen molar-refractivity contribution < 1.29 is 9.53 Å². The number of hydrogen-bond acceptors (Lipinski definition) is 4. The summed E-state index contributed by atoms with van der Waals surface area (Å²) < 4.78 is 5.37. The van der Waals surface area contributed by atoms with Gasteiger partial charge in [-0.15, -0.1) is 0 Å². The van der Waals surface area contributed by atoms with E-state index in [0.29, 0.717) is 12.0 Å². The minimum atomic E-state index is -0.458. The first kappa shape index (κ1) is 19.7. The van der Waals surface area contributed by atoms with Crippen LogP contribution in [0.3, 0.4) is 0 Å². The van der Waals surface area contributed by atoms with Gasteiger partial charge in [0.15, 0.2) is 0 Å². The van der Waals surface area contributed by atoms with Gasteiger partial charge in [0.1, 0.15) is 5.60 Å². The Labute approximate surface area is 162 Å². The summed E-state index contributed by atoms with van der Waals surface area (Å²) in [4.78, 5) is 14.5. The highest BCUT2D eigenvalue weighted by molar-refractivity contribution is 5.68. The second-order valence-electron chi connectivity index (χ2n) is 8.83. The normalized spacial score (nSPS) is 26.4. The fourth-order valence-corrected chi connectivity index (χ4v) is 4.42. The van der Waals surface area contributed by atoms with Crippen molar-refractivity contribution >= 4 is 6.09 Å². The Morgan fingerprint density at radius 1 is 1.19 bits per heavy atom. The van der Waals surface area contributed by atoms with Gasteiger partial charge in [-0.2, -0.15) is 5.26 Å². The maximum absolute atomic E-state index is 12.0. The van der Waals surface area contributed by atoms with Crippen LogP contribution in [0.25, 0.3) is 0 Å². The van der Waals surface area contributed by atoms with Crippen LogP contribution in [0.15, 0.2) is 24.3 Å². The fraction of sp³-hybridized carbons (Fsp3) is 0.636. The van der Waals surface area contributed by atoms with Crippen molar-refractivity contribution in [3.8, 4) is 6.07 Å². The van der Waals surface area contributed by atoms with Crippen LogP contribution in [0.4, 0.5) is 4.79 Å². The maximum Gasteiger partial charge on any atom is 0.407 e. The van der Waals surface area contributed by atoms with Gasteiger partial charge in [0.2, 0.25) is 0 Å². The number of hydrogen-bond donors (Lipinski definition) is 1. The van der Waals surface area contributed by atoms with Crippen LogP contribution in [0.1, 0.15) is 69.9 Å². The number of carbonyl (C=O) groups excluding carboxylic acids is 1. The first-order valence-corrected chi connectivity index (χ1v) is 10.1. The number of carbonyl (C=O) groups is 1.